The summed E-state index contributed by atoms with van der Waals surface area (Å²) in [6.07, 6.45) is 3.76. The van der Waals surface area contributed by atoms with Crippen molar-refractivity contribution in [3.63, 3.8) is 0 Å². The van der Waals surface area contributed by atoms with Gasteiger partial charge < -0.3 is 15.4 Å². The first kappa shape index (κ1) is 19.2. The van der Waals surface area contributed by atoms with Gasteiger partial charge in [0.25, 0.3) is 0 Å². The van der Waals surface area contributed by atoms with E-state index in [1.807, 2.05) is 19.4 Å². The third-order valence-corrected chi connectivity index (χ3v) is 4.15. The van der Waals surface area contributed by atoms with Crippen LogP contribution in [0.4, 0.5) is 10.1 Å². The molecule has 0 saturated carbocycles. The zero-order valence-corrected chi connectivity index (χ0v) is 14.8. The Kier molecular flexibility index (Phi) is 6.78. The second-order valence-electron chi connectivity index (χ2n) is 5.87. The predicted octanol–water partition coefficient (Wildman–Crippen LogP) is 2.13. The second kappa shape index (κ2) is 8.82. The Bertz CT molecular complexity index is 709. The van der Waals surface area contributed by atoms with Crippen LogP contribution in [0, 0.1) is 5.92 Å². The minimum absolute atomic E-state index is 0. The summed E-state index contributed by atoms with van der Waals surface area (Å²) in [5.41, 5.74) is 1.70. The predicted molar refractivity (Wildman–Crippen MR) is 96.1 cm³/mol. The van der Waals surface area contributed by atoms with E-state index < -0.39 is 6.67 Å². The number of anilines is 1. The van der Waals surface area contributed by atoms with Crippen molar-refractivity contribution in [3.05, 3.63) is 42.2 Å². The normalized spacial score (nSPS) is 19.3. The highest BCUT2D eigenvalue weighted by molar-refractivity contribution is 5.93. The topological polar surface area (TPSA) is 68.2 Å². The standard InChI is InChI=1S/C17H21FN4O2.ClH/c1-22-11-12(8-20-22)15-9-19-10-16(15)17(23)21-13-3-2-4-14(7-13)24-6-5-18;/h2-4,7-8,11,15-16,19H,5-6,9-10H2,1H3,(H,21,23);1H/t15-,16+;/m1./s1. The molecule has 1 aliphatic heterocycles. The molecule has 2 N–H and O–H groups in total. The van der Waals surface area contributed by atoms with Crippen molar-refractivity contribution in [1.29, 1.82) is 0 Å². The Hall–Kier alpha value is -2.12. The van der Waals surface area contributed by atoms with E-state index in [4.69, 9.17) is 4.74 Å². The first-order valence-corrected chi connectivity index (χ1v) is 7.96. The lowest BCUT2D eigenvalue weighted by Crippen LogP contribution is -2.28. The molecular formula is C17H22ClFN4O2. The maximum Gasteiger partial charge on any atom is 0.229 e. The number of carbonyl (C=O) groups excluding carboxylic acids is 1. The Morgan fingerprint density at radius 3 is 3.04 bits per heavy atom. The van der Waals surface area contributed by atoms with E-state index >= 15 is 0 Å². The van der Waals surface area contributed by atoms with Crippen molar-refractivity contribution in [3.8, 4) is 5.75 Å². The van der Waals surface area contributed by atoms with Gasteiger partial charge in [0.2, 0.25) is 5.91 Å². The van der Waals surface area contributed by atoms with Gasteiger partial charge in [0.05, 0.1) is 12.1 Å². The Labute approximate surface area is 152 Å². The Balaban J connectivity index is 0.00000225. The fraction of sp³-hybridized carbons (Fsp3) is 0.412. The number of aromatic nitrogens is 2. The molecule has 1 saturated heterocycles. The van der Waals surface area contributed by atoms with Gasteiger partial charge in [0, 0.05) is 44.0 Å². The molecule has 0 spiro atoms. The lowest BCUT2D eigenvalue weighted by Gasteiger charge is -2.17. The summed E-state index contributed by atoms with van der Waals surface area (Å²) in [6, 6.07) is 7.01. The summed E-state index contributed by atoms with van der Waals surface area (Å²) >= 11 is 0. The molecule has 1 amide bonds. The van der Waals surface area contributed by atoms with E-state index in [0.717, 1.165) is 12.1 Å². The summed E-state index contributed by atoms with van der Waals surface area (Å²) in [4.78, 5) is 12.7. The molecule has 8 heteroatoms. The van der Waals surface area contributed by atoms with Crippen LogP contribution in [0.2, 0.25) is 0 Å². The van der Waals surface area contributed by atoms with Gasteiger partial charge >= 0.3 is 0 Å². The van der Waals surface area contributed by atoms with E-state index in [2.05, 4.69) is 15.7 Å². The number of nitrogens with one attached hydrogen (secondary N) is 2. The molecule has 2 aromatic rings. The number of benzene rings is 1. The van der Waals surface area contributed by atoms with E-state index in [-0.39, 0.29) is 36.8 Å². The second-order valence-corrected chi connectivity index (χ2v) is 5.87. The van der Waals surface area contributed by atoms with Gasteiger partial charge in [-0.25, -0.2) is 4.39 Å². The van der Waals surface area contributed by atoms with Gasteiger partial charge in [-0.3, -0.25) is 9.48 Å². The number of hydrogen-bond donors (Lipinski definition) is 2. The summed E-state index contributed by atoms with van der Waals surface area (Å²) < 4.78 is 19.2. The number of hydrogen-bond acceptors (Lipinski definition) is 4. The smallest absolute Gasteiger partial charge is 0.229 e. The number of aryl methyl sites for hydroxylation is 1. The average Bonchev–Trinajstić information content (AvgIpc) is 3.21. The SMILES string of the molecule is Cl.Cn1cc([C@H]2CNC[C@@H]2C(=O)Nc2cccc(OCCF)c2)cn1. The van der Waals surface area contributed by atoms with Gasteiger partial charge in [0.15, 0.2) is 0 Å². The van der Waals surface area contributed by atoms with Crippen molar-refractivity contribution >= 4 is 24.0 Å². The van der Waals surface area contributed by atoms with E-state index in [1.54, 1.807) is 28.9 Å². The quantitative estimate of drug-likeness (QED) is 0.819. The lowest BCUT2D eigenvalue weighted by molar-refractivity contribution is -0.119. The maximum absolute atomic E-state index is 12.7. The first-order valence-electron chi connectivity index (χ1n) is 7.96. The zero-order valence-electron chi connectivity index (χ0n) is 13.9. The molecule has 1 aliphatic rings. The number of halogens is 2. The molecule has 2 heterocycles. The van der Waals surface area contributed by atoms with Gasteiger partial charge in [-0.05, 0) is 17.7 Å². The van der Waals surface area contributed by atoms with Crippen molar-refractivity contribution < 1.29 is 13.9 Å². The molecule has 1 aromatic carbocycles. The average molecular weight is 369 g/mol. The summed E-state index contributed by atoms with van der Waals surface area (Å²) in [5, 5.41) is 10.4. The number of rotatable bonds is 6. The molecule has 0 unspecified atom stereocenters. The molecule has 3 rings (SSSR count). The van der Waals surface area contributed by atoms with Crippen LogP contribution in [-0.2, 0) is 11.8 Å². The maximum atomic E-state index is 12.7. The van der Waals surface area contributed by atoms with Crippen molar-refractivity contribution in [2.24, 2.45) is 13.0 Å². The zero-order chi connectivity index (χ0) is 16.9. The highest BCUT2D eigenvalue weighted by atomic mass is 35.5. The van der Waals surface area contributed by atoms with Crippen molar-refractivity contribution in [2.45, 2.75) is 5.92 Å². The summed E-state index contributed by atoms with van der Waals surface area (Å²) in [6.45, 7) is 0.844. The van der Waals surface area contributed by atoms with Crippen LogP contribution in [0.15, 0.2) is 36.7 Å². The number of amides is 1. The first-order chi connectivity index (χ1) is 11.7. The molecular weight excluding hydrogens is 347 g/mol. The lowest BCUT2D eigenvalue weighted by atomic mass is 9.90. The van der Waals surface area contributed by atoms with Gasteiger partial charge in [-0.1, -0.05) is 6.07 Å². The van der Waals surface area contributed by atoms with Crippen LogP contribution >= 0.6 is 12.4 Å². The number of nitrogens with zero attached hydrogens (tertiary/aromatic N) is 2. The van der Waals surface area contributed by atoms with Crippen LogP contribution in [0.25, 0.3) is 0 Å². The van der Waals surface area contributed by atoms with Crippen LogP contribution in [0.1, 0.15) is 11.5 Å². The third-order valence-electron chi connectivity index (χ3n) is 4.15. The van der Waals surface area contributed by atoms with Crippen molar-refractivity contribution in [1.82, 2.24) is 15.1 Å². The highest BCUT2D eigenvalue weighted by Crippen LogP contribution is 2.29. The molecule has 25 heavy (non-hydrogen) atoms. The van der Waals surface area contributed by atoms with Gasteiger partial charge in [-0.15, -0.1) is 12.4 Å². The molecule has 6 nitrogen and oxygen atoms in total. The van der Waals surface area contributed by atoms with E-state index in [9.17, 15) is 9.18 Å². The van der Waals surface area contributed by atoms with Crippen LogP contribution in [0.3, 0.4) is 0 Å². The number of ether oxygens (including phenoxy) is 1. The monoisotopic (exact) mass is 368 g/mol. The van der Waals surface area contributed by atoms with E-state index in [1.165, 1.54) is 0 Å². The fourth-order valence-electron chi connectivity index (χ4n) is 2.99. The number of alkyl halides is 1. The molecule has 2 atom stereocenters. The van der Waals surface area contributed by atoms with Gasteiger partial charge in [0.1, 0.15) is 19.0 Å². The minimum Gasteiger partial charge on any atom is -0.491 e. The van der Waals surface area contributed by atoms with Crippen LogP contribution in [0.5, 0.6) is 5.75 Å². The molecule has 0 bridgehead atoms. The Morgan fingerprint density at radius 2 is 2.32 bits per heavy atom. The van der Waals surface area contributed by atoms with E-state index in [0.29, 0.717) is 18.0 Å². The molecule has 1 fully saturated rings. The summed E-state index contributed by atoms with van der Waals surface area (Å²) in [5.74, 6) is 0.435. The summed E-state index contributed by atoms with van der Waals surface area (Å²) in [7, 11) is 1.86. The molecule has 0 aliphatic carbocycles. The van der Waals surface area contributed by atoms with Crippen LogP contribution < -0.4 is 15.4 Å². The molecule has 1 aromatic heterocycles. The third kappa shape index (κ3) is 4.70. The number of carbonyl (C=O) groups is 1. The van der Waals surface area contributed by atoms with Crippen molar-refractivity contribution in [2.75, 3.05) is 31.7 Å². The largest absolute Gasteiger partial charge is 0.491 e. The highest BCUT2D eigenvalue weighted by Gasteiger charge is 2.34. The van der Waals surface area contributed by atoms with Crippen LogP contribution in [-0.4, -0.2) is 42.1 Å². The fourth-order valence-corrected chi connectivity index (χ4v) is 2.99. The Morgan fingerprint density at radius 1 is 1.48 bits per heavy atom. The molecule has 0 radical (unpaired) electrons. The van der Waals surface area contributed by atoms with Gasteiger partial charge in [-0.2, -0.15) is 5.10 Å². The molecule has 136 valence electrons. The minimum atomic E-state index is -0.545.